The molecule has 0 aliphatic rings. The maximum Gasteiger partial charge on any atom is 0.271 e. The third-order valence-corrected chi connectivity index (χ3v) is 4.68. The minimum Gasteiger partial charge on any atom is -0.497 e. The summed E-state index contributed by atoms with van der Waals surface area (Å²) in [4.78, 5) is 31.3. The molecule has 130 valence electrons. The number of benzene rings is 1. The lowest BCUT2D eigenvalue weighted by Gasteiger charge is -2.15. The Morgan fingerprint density at radius 2 is 2.08 bits per heavy atom. The standard InChI is InChI=1S/C17H17N3O4S/c1-19(7-8-21)15(22)13-9-18-17-20(16(13)23)14(10-25-17)11-3-5-12(24-2)6-4-11/h3-6,9-10,21H,7-8H2,1-2H3. The first-order valence-electron chi connectivity index (χ1n) is 7.57. The van der Waals surface area contributed by atoms with E-state index in [1.54, 1.807) is 19.2 Å². The van der Waals surface area contributed by atoms with Crippen molar-refractivity contribution in [2.75, 3.05) is 27.3 Å². The summed E-state index contributed by atoms with van der Waals surface area (Å²) in [5.41, 5.74) is 1.04. The third-order valence-electron chi connectivity index (χ3n) is 3.84. The molecule has 1 amide bonds. The highest BCUT2D eigenvalue weighted by Crippen LogP contribution is 2.25. The molecule has 0 aliphatic carbocycles. The van der Waals surface area contributed by atoms with Gasteiger partial charge in [0.25, 0.3) is 11.5 Å². The minimum atomic E-state index is -0.465. The summed E-state index contributed by atoms with van der Waals surface area (Å²) in [5, 5.41) is 10.8. The Labute approximate surface area is 147 Å². The Balaban J connectivity index is 2.11. The Bertz CT molecular complexity index is 962. The average Bonchev–Trinajstić information content (AvgIpc) is 3.07. The minimum absolute atomic E-state index is 0.0263. The van der Waals surface area contributed by atoms with Crippen LogP contribution in [0.1, 0.15) is 10.4 Å². The monoisotopic (exact) mass is 359 g/mol. The van der Waals surface area contributed by atoms with Gasteiger partial charge in [-0.25, -0.2) is 4.98 Å². The van der Waals surface area contributed by atoms with Crippen molar-refractivity contribution in [3.8, 4) is 17.0 Å². The quantitative estimate of drug-likeness (QED) is 0.746. The van der Waals surface area contributed by atoms with Crippen LogP contribution in [0.2, 0.25) is 0 Å². The Hall–Kier alpha value is -2.71. The Kier molecular flexibility index (Phi) is 4.82. The van der Waals surface area contributed by atoms with Gasteiger partial charge in [0, 0.05) is 25.2 Å². The lowest BCUT2D eigenvalue weighted by molar-refractivity contribution is 0.0764. The van der Waals surface area contributed by atoms with Gasteiger partial charge in [0.1, 0.15) is 11.3 Å². The molecule has 0 fully saturated rings. The summed E-state index contributed by atoms with van der Waals surface area (Å²) >= 11 is 1.33. The zero-order valence-corrected chi connectivity index (χ0v) is 14.6. The van der Waals surface area contributed by atoms with E-state index in [2.05, 4.69) is 4.98 Å². The number of thiazole rings is 1. The number of ether oxygens (including phenoxy) is 1. The normalized spacial score (nSPS) is 10.8. The molecule has 3 rings (SSSR count). The second-order valence-corrected chi connectivity index (χ2v) is 6.23. The molecule has 0 bridgehead atoms. The molecule has 25 heavy (non-hydrogen) atoms. The fourth-order valence-corrected chi connectivity index (χ4v) is 3.32. The first-order chi connectivity index (χ1) is 12.1. The van der Waals surface area contributed by atoms with Crippen molar-refractivity contribution in [2.45, 2.75) is 0 Å². The lowest BCUT2D eigenvalue weighted by Crippen LogP contribution is -2.34. The number of aliphatic hydroxyl groups is 1. The predicted octanol–water partition coefficient (Wildman–Crippen LogP) is 1.50. The van der Waals surface area contributed by atoms with Gasteiger partial charge >= 0.3 is 0 Å². The van der Waals surface area contributed by atoms with Crippen LogP contribution < -0.4 is 10.3 Å². The van der Waals surface area contributed by atoms with E-state index in [4.69, 9.17) is 9.84 Å². The Morgan fingerprint density at radius 3 is 2.72 bits per heavy atom. The molecule has 3 aromatic rings. The largest absolute Gasteiger partial charge is 0.497 e. The van der Waals surface area contributed by atoms with E-state index in [1.807, 2.05) is 17.5 Å². The van der Waals surface area contributed by atoms with Gasteiger partial charge in [-0.2, -0.15) is 0 Å². The number of fused-ring (bicyclic) bond motifs is 1. The molecular weight excluding hydrogens is 342 g/mol. The van der Waals surface area contributed by atoms with Crippen LogP contribution in [-0.4, -0.2) is 52.6 Å². The zero-order chi connectivity index (χ0) is 18.0. The van der Waals surface area contributed by atoms with E-state index in [0.717, 1.165) is 11.3 Å². The van der Waals surface area contributed by atoms with Crippen LogP contribution in [0.4, 0.5) is 0 Å². The molecule has 2 heterocycles. The van der Waals surface area contributed by atoms with Crippen LogP contribution in [0.25, 0.3) is 16.2 Å². The van der Waals surface area contributed by atoms with Crippen molar-refractivity contribution >= 4 is 22.2 Å². The van der Waals surface area contributed by atoms with Crippen molar-refractivity contribution in [1.82, 2.24) is 14.3 Å². The van der Waals surface area contributed by atoms with Crippen LogP contribution >= 0.6 is 11.3 Å². The summed E-state index contributed by atoms with van der Waals surface area (Å²) < 4.78 is 6.59. The van der Waals surface area contributed by atoms with Gasteiger partial charge in [-0.1, -0.05) is 0 Å². The number of carbonyl (C=O) groups excluding carboxylic acids is 1. The Morgan fingerprint density at radius 1 is 1.36 bits per heavy atom. The maximum atomic E-state index is 12.9. The summed E-state index contributed by atoms with van der Waals surface area (Å²) in [5.74, 6) is 0.253. The van der Waals surface area contributed by atoms with Gasteiger partial charge in [-0.05, 0) is 29.8 Å². The van der Waals surface area contributed by atoms with Crippen LogP contribution in [0.15, 0.2) is 40.6 Å². The van der Waals surface area contributed by atoms with E-state index in [0.29, 0.717) is 10.7 Å². The van der Waals surface area contributed by atoms with E-state index >= 15 is 0 Å². The van der Waals surface area contributed by atoms with Gasteiger partial charge in [0.15, 0.2) is 4.96 Å². The molecule has 0 aliphatic heterocycles. The molecule has 0 atom stereocenters. The van der Waals surface area contributed by atoms with Crippen molar-refractivity contribution < 1.29 is 14.6 Å². The van der Waals surface area contributed by atoms with E-state index in [1.165, 1.54) is 33.9 Å². The number of likely N-dealkylation sites (N-methyl/N-ethyl adjacent to an activating group) is 1. The first-order valence-corrected chi connectivity index (χ1v) is 8.44. The summed E-state index contributed by atoms with van der Waals surface area (Å²) in [7, 11) is 3.12. The molecule has 0 unspecified atom stereocenters. The van der Waals surface area contributed by atoms with Crippen LogP contribution in [-0.2, 0) is 0 Å². The first kappa shape index (κ1) is 17.1. The molecule has 0 saturated carbocycles. The molecule has 2 aromatic heterocycles. The number of aromatic nitrogens is 2. The van der Waals surface area contributed by atoms with Gasteiger partial charge in [0.05, 0.1) is 19.4 Å². The molecule has 0 radical (unpaired) electrons. The van der Waals surface area contributed by atoms with Gasteiger partial charge in [-0.3, -0.25) is 14.0 Å². The van der Waals surface area contributed by atoms with Crippen LogP contribution in [0.3, 0.4) is 0 Å². The molecule has 7 nitrogen and oxygen atoms in total. The van der Waals surface area contributed by atoms with Crippen molar-refractivity contribution in [2.24, 2.45) is 0 Å². The number of amides is 1. The van der Waals surface area contributed by atoms with Crippen LogP contribution in [0, 0.1) is 0 Å². The number of rotatable bonds is 5. The number of carbonyl (C=O) groups is 1. The van der Waals surface area contributed by atoms with E-state index < -0.39 is 11.5 Å². The summed E-state index contributed by atoms with van der Waals surface area (Å²) in [6.45, 7) is -0.0231. The number of aliphatic hydroxyl groups excluding tert-OH is 1. The van der Waals surface area contributed by atoms with Gasteiger partial charge in [0.2, 0.25) is 0 Å². The fraction of sp³-hybridized carbons (Fsp3) is 0.235. The highest BCUT2D eigenvalue weighted by molar-refractivity contribution is 7.15. The van der Waals surface area contributed by atoms with E-state index in [9.17, 15) is 9.59 Å². The summed E-state index contributed by atoms with van der Waals surface area (Å²) in [6, 6.07) is 7.31. The number of nitrogens with zero attached hydrogens (tertiary/aromatic N) is 3. The number of methoxy groups -OCH3 is 1. The fourth-order valence-electron chi connectivity index (χ4n) is 2.46. The zero-order valence-electron chi connectivity index (χ0n) is 13.8. The van der Waals surface area contributed by atoms with Crippen molar-refractivity contribution in [3.05, 3.63) is 51.8 Å². The number of hydrogen-bond acceptors (Lipinski definition) is 6. The average molecular weight is 359 g/mol. The molecule has 1 N–H and O–H groups in total. The van der Waals surface area contributed by atoms with Crippen molar-refractivity contribution in [3.63, 3.8) is 0 Å². The second-order valence-electron chi connectivity index (χ2n) is 5.39. The SMILES string of the molecule is COc1ccc(-c2csc3ncc(C(=O)N(C)CCO)c(=O)n23)cc1. The maximum absolute atomic E-state index is 12.9. The smallest absolute Gasteiger partial charge is 0.271 e. The van der Waals surface area contributed by atoms with Gasteiger partial charge in [-0.15, -0.1) is 11.3 Å². The molecule has 0 saturated heterocycles. The lowest BCUT2D eigenvalue weighted by atomic mass is 10.1. The molecule has 1 aromatic carbocycles. The molecular formula is C17H17N3O4S. The van der Waals surface area contributed by atoms with E-state index in [-0.39, 0.29) is 18.7 Å². The highest BCUT2D eigenvalue weighted by Gasteiger charge is 2.19. The molecule has 0 spiro atoms. The predicted molar refractivity (Wildman–Crippen MR) is 95.4 cm³/mol. The number of hydrogen-bond donors (Lipinski definition) is 1. The second kappa shape index (κ2) is 7.04. The summed E-state index contributed by atoms with van der Waals surface area (Å²) in [6.07, 6.45) is 1.29. The topological polar surface area (TPSA) is 84.1 Å². The third kappa shape index (κ3) is 3.13. The molecule has 8 heteroatoms. The highest BCUT2D eigenvalue weighted by atomic mass is 32.1. The van der Waals surface area contributed by atoms with Crippen LogP contribution in [0.5, 0.6) is 5.75 Å². The van der Waals surface area contributed by atoms with Gasteiger partial charge < -0.3 is 14.7 Å². The van der Waals surface area contributed by atoms with Crippen molar-refractivity contribution in [1.29, 1.82) is 0 Å².